The van der Waals surface area contributed by atoms with Crippen LogP contribution in [-0.4, -0.2) is 10.5 Å². The first-order chi connectivity index (χ1) is 11.7. The number of carbonyl (C=O) groups excluding carboxylic acids is 1. The van der Waals surface area contributed by atoms with Gasteiger partial charge in [-0.1, -0.05) is 42.8 Å². The van der Waals surface area contributed by atoms with Gasteiger partial charge in [0, 0.05) is 27.2 Å². The molecule has 0 spiro atoms. The van der Waals surface area contributed by atoms with Crippen LogP contribution in [0.5, 0.6) is 0 Å². The van der Waals surface area contributed by atoms with Crippen LogP contribution in [0.15, 0.2) is 27.7 Å². The van der Waals surface area contributed by atoms with Gasteiger partial charge >= 0.3 is 0 Å². The Balaban J connectivity index is 2.09. The molecule has 0 unspecified atom stereocenters. The third-order valence-corrected chi connectivity index (χ3v) is 7.14. The van der Waals surface area contributed by atoms with E-state index in [9.17, 15) is 4.79 Å². The summed E-state index contributed by atoms with van der Waals surface area (Å²) in [5.74, 6) is 0.577. The summed E-state index contributed by atoms with van der Waals surface area (Å²) in [4.78, 5) is 19.5. The smallest absolute Gasteiger partial charge is 0.279 e. The molecule has 1 fully saturated rings. The molecule has 1 aromatic heterocycles. The number of amides is 1. The second kappa shape index (κ2) is 6.84. The number of nitrogens with zero attached hydrogens (tertiary/aromatic N) is 2. The monoisotopic (exact) mass is 420 g/mol. The molecule has 2 aromatic rings. The van der Waals surface area contributed by atoms with Crippen molar-refractivity contribution in [2.45, 2.75) is 59.4 Å². The predicted octanol–water partition coefficient (Wildman–Crippen LogP) is 5.38. The minimum absolute atomic E-state index is 0.0581. The lowest BCUT2D eigenvalue weighted by molar-refractivity contribution is 0.0997. The van der Waals surface area contributed by atoms with Gasteiger partial charge in [0.05, 0.1) is 0 Å². The zero-order valence-electron chi connectivity index (χ0n) is 15.5. The van der Waals surface area contributed by atoms with E-state index in [1.165, 1.54) is 23.4 Å². The molecular formula is C20H25BrN2OS. The average molecular weight is 421 g/mol. The summed E-state index contributed by atoms with van der Waals surface area (Å²) in [6.07, 6.45) is 2.57. The van der Waals surface area contributed by atoms with Crippen LogP contribution >= 0.6 is 27.3 Å². The van der Waals surface area contributed by atoms with Gasteiger partial charge in [0.1, 0.15) is 0 Å². The molecular weight excluding hydrogens is 396 g/mol. The Kier molecular flexibility index (Phi) is 5.09. The molecule has 25 heavy (non-hydrogen) atoms. The minimum atomic E-state index is -0.162. The molecule has 0 N–H and O–H groups in total. The SMILES string of the molecule is Cc1c(Br)cccc1C(=O)/N=c1\sc(C(C)(C)C)c(C)n1CC1CC1. The molecule has 1 saturated carbocycles. The molecule has 3 rings (SSSR count). The Labute approximate surface area is 161 Å². The number of hydrogen-bond donors (Lipinski definition) is 0. The summed E-state index contributed by atoms with van der Waals surface area (Å²) in [6.45, 7) is 11.7. The number of thiazole rings is 1. The van der Waals surface area contributed by atoms with E-state index in [1.807, 2.05) is 25.1 Å². The normalized spacial score (nSPS) is 15.7. The summed E-state index contributed by atoms with van der Waals surface area (Å²) < 4.78 is 3.20. The average Bonchev–Trinajstić information content (AvgIpc) is 3.28. The number of halogens is 1. The van der Waals surface area contributed by atoms with E-state index in [4.69, 9.17) is 0 Å². The van der Waals surface area contributed by atoms with Gasteiger partial charge in [0.25, 0.3) is 5.91 Å². The molecule has 1 amide bonds. The van der Waals surface area contributed by atoms with Crippen molar-refractivity contribution in [1.29, 1.82) is 0 Å². The van der Waals surface area contributed by atoms with Crippen LogP contribution in [0.25, 0.3) is 0 Å². The Morgan fingerprint density at radius 2 is 2.00 bits per heavy atom. The van der Waals surface area contributed by atoms with E-state index < -0.39 is 0 Å². The van der Waals surface area contributed by atoms with E-state index in [0.29, 0.717) is 5.56 Å². The van der Waals surface area contributed by atoms with Crippen LogP contribution in [0.3, 0.4) is 0 Å². The highest BCUT2D eigenvalue weighted by Gasteiger charge is 2.27. The lowest BCUT2D eigenvalue weighted by Crippen LogP contribution is -2.20. The second-order valence-corrected chi connectivity index (χ2v) is 9.76. The Morgan fingerprint density at radius 1 is 1.32 bits per heavy atom. The van der Waals surface area contributed by atoms with E-state index in [0.717, 1.165) is 27.3 Å². The van der Waals surface area contributed by atoms with Gasteiger partial charge in [-0.05, 0) is 55.7 Å². The Bertz CT molecular complexity index is 882. The van der Waals surface area contributed by atoms with Gasteiger partial charge in [0.15, 0.2) is 4.80 Å². The molecule has 1 aliphatic carbocycles. The van der Waals surface area contributed by atoms with E-state index in [-0.39, 0.29) is 11.3 Å². The number of rotatable bonds is 3. The number of aromatic nitrogens is 1. The molecule has 3 nitrogen and oxygen atoms in total. The topological polar surface area (TPSA) is 34.4 Å². The first-order valence-corrected chi connectivity index (χ1v) is 10.3. The van der Waals surface area contributed by atoms with Crippen LogP contribution < -0.4 is 4.80 Å². The van der Waals surface area contributed by atoms with Gasteiger partial charge in [-0.15, -0.1) is 11.3 Å². The molecule has 0 saturated heterocycles. The van der Waals surface area contributed by atoms with E-state index >= 15 is 0 Å². The minimum Gasteiger partial charge on any atom is -0.320 e. The highest BCUT2D eigenvalue weighted by molar-refractivity contribution is 9.10. The molecule has 5 heteroatoms. The predicted molar refractivity (Wildman–Crippen MR) is 107 cm³/mol. The molecule has 1 heterocycles. The number of benzene rings is 1. The molecule has 0 aliphatic heterocycles. The molecule has 0 bridgehead atoms. The van der Waals surface area contributed by atoms with Gasteiger partial charge in [-0.25, -0.2) is 0 Å². The van der Waals surface area contributed by atoms with E-state index in [1.54, 1.807) is 11.3 Å². The fourth-order valence-corrected chi connectivity index (χ4v) is 4.59. The van der Waals surface area contributed by atoms with Crippen LogP contribution in [0.2, 0.25) is 0 Å². The molecule has 0 atom stereocenters. The van der Waals surface area contributed by atoms with Crippen molar-refractivity contribution >= 4 is 33.2 Å². The van der Waals surface area contributed by atoms with Crippen LogP contribution in [0.1, 0.15) is 60.1 Å². The lowest BCUT2D eigenvalue weighted by atomic mass is 9.93. The zero-order valence-corrected chi connectivity index (χ0v) is 17.9. The summed E-state index contributed by atoms with van der Waals surface area (Å²) in [5.41, 5.74) is 2.91. The largest absolute Gasteiger partial charge is 0.320 e. The highest BCUT2D eigenvalue weighted by atomic mass is 79.9. The standard InChI is InChI=1S/C20H25BrN2OS/c1-12-15(7-6-8-16(12)21)18(24)22-19-23(11-14-9-10-14)13(2)17(25-19)20(3,4)5/h6-8,14H,9-11H2,1-5H3/b22-19-. The van der Waals surface area contributed by atoms with Crippen molar-refractivity contribution in [3.8, 4) is 0 Å². The third kappa shape index (κ3) is 3.98. The highest BCUT2D eigenvalue weighted by Crippen LogP contribution is 2.33. The maximum atomic E-state index is 12.8. The van der Waals surface area contributed by atoms with Crippen molar-refractivity contribution in [3.05, 3.63) is 49.2 Å². The van der Waals surface area contributed by atoms with Crippen LogP contribution in [0, 0.1) is 19.8 Å². The van der Waals surface area contributed by atoms with Gasteiger partial charge in [-0.2, -0.15) is 4.99 Å². The van der Waals surface area contributed by atoms with Crippen molar-refractivity contribution in [1.82, 2.24) is 4.57 Å². The summed E-state index contributed by atoms with van der Waals surface area (Å²) in [5, 5.41) is 0. The third-order valence-electron chi connectivity index (χ3n) is 4.67. The first-order valence-electron chi connectivity index (χ1n) is 8.73. The first kappa shape index (κ1) is 18.6. The van der Waals surface area contributed by atoms with Crippen molar-refractivity contribution in [2.75, 3.05) is 0 Å². The number of hydrogen-bond acceptors (Lipinski definition) is 2. The van der Waals surface area contributed by atoms with Crippen LogP contribution in [-0.2, 0) is 12.0 Å². The quantitative estimate of drug-likeness (QED) is 0.656. The maximum Gasteiger partial charge on any atom is 0.279 e. The fraction of sp³-hybridized carbons (Fsp3) is 0.500. The summed E-state index contributed by atoms with van der Waals surface area (Å²) in [7, 11) is 0. The molecule has 0 radical (unpaired) electrons. The molecule has 1 aromatic carbocycles. The zero-order chi connectivity index (χ0) is 18.4. The van der Waals surface area contributed by atoms with Crippen molar-refractivity contribution < 1.29 is 4.79 Å². The van der Waals surface area contributed by atoms with Gasteiger partial charge in [0.2, 0.25) is 0 Å². The van der Waals surface area contributed by atoms with Crippen molar-refractivity contribution in [2.24, 2.45) is 10.9 Å². The van der Waals surface area contributed by atoms with Gasteiger partial charge < -0.3 is 4.57 Å². The summed E-state index contributed by atoms with van der Waals surface area (Å²) >= 11 is 5.16. The lowest BCUT2D eigenvalue weighted by Gasteiger charge is -2.17. The Hall–Kier alpha value is -1.20. The maximum absolute atomic E-state index is 12.8. The Morgan fingerprint density at radius 3 is 2.60 bits per heavy atom. The van der Waals surface area contributed by atoms with Crippen LogP contribution in [0.4, 0.5) is 0 Å². The fourth-order valence-electron chi connectivity index (χ4n) is 3.03. The molecule has 134 valence electrons. The van der Waals surface area contributed by atoms with Crippen molar-refractivity contribution in [3.63, 3.8) is 0 Å². The number of carbonyl (C=O) groups is 1. The van der Waals surface area contributed by atoms with Gasteiger partial charge in [-0.3, -0.25) is 4.79 Å². The molecule has 1 aliphatic rings. The second-order valence-electron chi connectivity index (χ2n) is 7.93. The van der Waals surface area contributed by atoms with E-state index in [2.05, 4.69) is 53.2 Å². The summed E-state index contributed by atoms with van der Waals surface area (Å²) in [6, 6.07) is 5.69.